The van der Waals surface area contributed by atoms with Gasteiger partial charge in [-0.05, 0) is 0 Å². The number of aromatic hydroxyl groups is 1. The van der Waals surface area contributed by atoms with E-state index in [4.69, 9.17) is 5.73 Å². The number of carbonyl (C=O) groups excluding carboxylic acids is 1. The van der Waals surface area contributed by atoms with E-state index >= 15 is 0 Å². The molecule has 2 rings (SSSR count). The first kappa shape index (κ1) is 12.4. The first-order valence-electron chi connectivity index (χ1n) is 5.20. The number of hydrogen-bond donors (Lipinski definition) is 2. The van der Waals surface area contributed by atoms with Crippen LogP contribution < -0.4 is 5.73 Å². The molecule has 0 aliphatic carbocycles. The van der Waals surface area contributed by atoms with E-state index in [9.17, 15) is 9.90 Å². The molecule has 0 saturated heterocycles. The number of thioether (sulfide) groups is 1. The molecule has 6 heteroatoms. The molecule has 0 radical (unpaired) electrons. The third-order valence-corrected chi connectivity index (χ3v) is 2.97. The molecule has 0 spiro atoms. The van der Waals surface area contributed by atoms with Gasteiger partial charge in [-0.1, -0.05) is 42.1 Å². The van der Waals surface area contributed by atoms with E-state index in [0.717, 1.165) is 17.3 Å². The number of aromatic nitrogens is 2. The average Bonchev–Trinajstić information content (AvgIpc) is 2.37. The second-order valence-corrected chi connectivity index (χ2v) is 4.46. The third-order valence-electron chi connectivity index (χ3n) is 2.11. The van der Waals surface area contributed by atoms with Gasteiger partial charge in [0, 0.05) is 11.6 Å². The average molecular weight is 261 g/mol. The Morgan fingerprint density at radius 1 is 1.28 bits per heavy atom. The molecule has 0 atom stereocenters. The molecular formula is C12H11N3O2S. The van der Waals surface area contributed by atoms with Crippen LogP contribution in [0.4, 0.5) is 0 Å². The third kappa shape index (κ3) is 3.21. The molecule has 1 amide bonds. The van der Waals surface area contributed by atoms with Crippen molar-refractivity contribution in [1.29, 1.82) is 0 Å². The Morgan fingerprint density at radius 2 is 2.00 bits per heavy atom. The van der Waals surface area contributed by atoms with Crippen LogP contribution in [0.25, 0.3) is 11.3 Å². The van der Waals surface area contributed by atoms with E-state index in [1.54, 1.807) is 0 Å². The maximum absolute atomic E-state index is 10.7. The van der Waals surface area contributed by atoms with Gasteiger partial charge < -0.3 is 10.8 Å². The molecule has 3 N–H and O–H groups in total. The highest BCUT2D eigenvalue weighted by atomic mass is 32.2. The zero-order valence-corrected chi connectivity index (χ0v) is 10.2. The number of amides is 1. The molecule has 0 bridgehead atoms. The van der Waals surface area contributed by atoms with Crippen LogP contribution in [-0.4, -0.2) is 26.7 Å². The summed E-state index contributed by atoms with van der Waals surface area (Å²) in [6.07, 6.45) is 0. The Bertz CT molecular complexity index is 561. The topological polar surface area (TPSA) is 89.1 Å². The summed E-state index contributed by atoms with van der Waals surface area (Å²) in [4.78, 5) is 18.8. The van der Waals surface area contributed by atoms with Crippen molar-refractivity contribution in [2.24, 2.45) is 5.73 Å². The standard InChI is InChI=1S/C12H11N3O2S/c13-10(16)7-18-12-14-9(6-11(17)15-12)8-4-2-1-3-5-8/h1-6H,7H2,(H2,13,16)(H,14,15,17). The van der Waals surface area contributed by atoms with Crippen LogP contribution in [0, 0.1) is 0 Å². The molecule has 1 heterocycles. The van der Waals surface area contributed by atoms with Gasteiger partial charge in [-0.25, -0.2) is 4.98 Å². The zero-order valence-electron chi connectivity index (χ0n) is 9.41. The second kappa shape index (κ2) is 5.50. The summed E-state index contributed by atoms with van der Waals surface area (Å²) < 4.78 is 0. The summed E-state index contributed by atoms with van der Waals surface area (Å²) in [7, 11) is 0. The summed E-state index contributed by atoms with van der Waals surface area (Å²) in [6.45, 7) is 0. The van der Waals surface area contributed by atoms with Crippen LogP contribution in [0.3, 0.4) is 0 Å². The van der Waals surface area contributed by atoms with Crippen molar-refractivity contribution in [2.45, 2.75) is 5.16 Å². The molecule has 0 unspecified atom stereocenters. The lowest BCUT2D eigenvalue weighted by Crippen LogP contribution is -2.13. The lowest BCUT2D eigenvalue weighted by molar-refractivity contribution is -0.115. The van der Waals surface area contributed by atoms with Gasteiger partial charge in [-0.15, -0.1) is 0 Å². The fourth-order valence-electron chi connectivity index (χ4n) is 1.37. The summed E-state index contributed by atoms with van der Waals surface area (Å²) >= 11 is 1.09. The smallest absolute Gasteiger partial charge is 0.227 e. The summed E-state index contributed by atoms with van der Waals surface area (Å²) in [5, 5.41) is 9.87. The summed E-state index contributed by atoms with van der Waals surface area (Å²) in [6, 6.07) is 10.9. The molecule has 5 nitrogen and oxygen atoms in total. The molecule has 0 aliphatic rings. The molecule has 18 heavy (non-hydrogen) atoms. The van der Waals surface area contributed by atoms with Gasteiger partial charge >= 0.3 is 0 Å². The fraction of sp³-hybridized carbons (Fsp3) is 0.0833. The maximum Gasteiger partial charge on any atom is 0.227 e. The second-order valence-electron chi connectivity index (χ2n) is 3.51. The van der Waals surface area contributed by atoms with Gasteiger partial charge in [-0.2, -0.15) is 4.98 Å². The van der Waals surface area contributed by atoms with Crippen LogP contribution in [0.5, 0.6) is 5.88 Å². The van der Waals surface area contributed by atoms with Crippen molar-refractivity contribution in [3.05, 3.63) is 36.4 Å². The predicted octanol–water partition coefficient (Wildman–Crippen LogP) is 1.43. The van der Waals surface area contributed by atoms with Crippen molar-refractivity contribution in [3.63, 3.8) is 0 Å². The van der Waals surface area contributed by atoms with Crippen LogP contribution in [-0.2, 0) is 4.79 Å². The number of rotatable bonds is 4. The number of nitrogens with two attached hydrogens (primary N) is 1. The van der Waals surface area contributed by atoms with Crippen LogP contribution >= 0.6 is 11.8 Å². The SMILES string of the molecule is NC(=O)CSc1nc(O)cc(-c2ccccc2)n1. The van der Waals surface area contributed by atoms with E-state index in [2.05, 4.69) is 9.97 Å². The highest BCUT2D eigenvalue weighted by molar-refractivity contribution is 7.99. The van der Waals surface area contributed by atoms with E-state index in [1.807, 2.05) is 30.3 Å². The Hall–Kier alpha value is -2.08. The lowest BCUT2D eigenvalue weighted by atomic mass is 10.1. The van der Waals surface area contributed by atoms with Gasteiger partial charge in [0.25, 0.3) is 0 Å². The molecule has 1 aromatic carbocycles. The largest absolute Gasteiger partial charge is 0.493 e. The molecular weight excluding hydrogens is 250 g/mol. The molecule has 0 saturated carbocycles. The Balaban J connectivity index is 2.29. The van der Waals surface area contributed by atoms with Crippen molar-refractivity contribution in [1.82, 2.24) is 9.97 Å². The Kier molecular flexibility index (Phi) is 3.78. The van der Waals surface area contributed by atoms with Crippen molar-refractivity contribution < 1.29 is 9.90 Å². The van der Waals surface area contributed by atoms with Gasteiger partial charge in [0.1, 0.15) is 0 Å². The fourth-order valence-corrected chi connectivity index (χ4v) is 1.96. The van der Waals surface area contributed by atoms with Crippen LogP contribution in [0.1, 0.15) is 0 Å². The minimum atomic E-state index is -0.451. The minimum Gasteiger partial charge on any atom is -0.493 e. The molecule has 2 aromatic rings. The number of carbonyl (C=O) groups is 1. The molecule has 1 aromatic heterocycles. The maximum atomic E-state index is 10.7. The normalized spacial score (nSPS) is 10.2. The van der Waals surface area contributed by atoms with Gasteiger partial charge in [0.15, 0.2) is 5.16 Å². The van der Waals surface area contributed by atoms with E-state index in [0.29, 0.717) is 10.9 Å². The van der Waals surface area contributed by atoms with Gasteiger partial charge in [0.2, 0.25) is 11.8 Å². The van der Waals surface area contributed by atoms with Crippen LogP contribution in [0.2, 0.25) is 0 Å². The lowest BCUT2D eigenvalue weighted by Gasteiger charge is -2.04. The van der Waals surface area contributed by atoms with E-state index in [-0.39, 0.29) is 11.6 Å². The van der Waals surface area contributed by atoms with Crippen molar-refractivity contribution in [2.75, 3.05) is 5.75 Å². The van der Waals surface area contributed by atoms with Crippen LogP contribution in [0.15, 0.2) is 41.6 Å². The molecule has 0 fully saturated rings. The van der Waals surface area contributed by atoms with Gasteiger partial charge in [0.05, 0.1) is 11.4 Å². The van der Waals surface area contributed by atoms with Gasteiger partial charge in [-0.3, -0.25) is 4.79 Å². The molecule has 92 valence electrons. The number of hydrogen-bond acceptors (Lipinski definition) is 5. The monoisotopic (exact) mass is 261 g/mol. The summed E-state index contributed by atoms with van der Waals surface area (Å²) in [5.74, 6) is -0.499. The highest BCUT2D eigenvalue weighted by Crippen LogP contribution is 2.23. The molecule has 0 aliphatic heterocycles. The zero-order chi connectivity index (χ0) is 13.0. The number of benzene rings is 1. The first-order chi connectivity index (χ1) is 8.65. The number of nitrogens with zero attached hydrogens (tertiary/aromatic N) is 2. The minimum absolute atomic E-state index is 0.0810. The predicted molar refractivity (Wildman–Crippen MR) is 69.1 cm³/mol. The number of primary amides is 1. The highest BCUT2D eigenvalue weighted by Gasteiger charge is 2.07. The Labute approximate surface area is 108 Å². The summed E-state index contributed by atoms with van der Waals surface area (Å²) in [5.41, 5.74) is 6.53. The van der Waals surface area contributed by atoms with E-state index < -0.39 is 5.91 Å². The Morgan fingerprint density at radius 3 is 2.67 bits per heavy atom. The quantitative estimate of drug-likeness (QED) is 0.642. The van der Waals surface area contributed by atoms with Crippen molar-refractivity contribution in [3.8, 4) is 17.1 Å². The van der Waals surface area contributed by atoms with E-state index in [1.165, 1.54) is 6.07 Å². The first-order valence-corrected chi connectivity index (χ1v) is 6.18. The van der Waals surface area contributed by atoms with Crippen molar-refractivity contribution >= 4 is 17.7 Å².